The zero-order valence-corrected chi connectivity index (χ0v) is 14.0. The average Bonchev–Trinajstić information content (AvgIpc) is 2.55. The number of anilines is 3. The Morgan fingerprint density at radius 1 is 1.00 bits per heavy atom. The molecule has 0 aromatic heterocycles. The van der Waals surface area contributed by atoms with Gasteiger partial charge < -0.3 is 16.0 Å². The van der Waals surface area contributed by atoms with Gasteiger partial charge in [-0.25, -0.2) is 0 Å². The van der Waals surface area contributed by atoms with E-state index >= 15 is 0 Å². The van der Waals surface area contributed by atoms with Crippen molar-refractivity contribution < 1.29 is 9.59 Å². The lowest BCUT2D eigenvalue weighted by atomic mass is 10.2. The number of hydrogen-bond acceptors (Lipinski definition) is 4. The standard InChI is InChI=1S/C19H18N4O2/c1-13-5-3-7-17(9-13)23-19(25)15(11-20)12-21-16-6-4-8-18(10-16)22-14(2)24/h3-10,12,21H,1-2H3,(H,22,24)(H,23,25)/b15-12-. The fourth-order valence-corrected chi connectivity index (χ4v) is 2.12. The van der Waals surface area contributed by atoms with Crippen LogP contribution < -0.4 is 16.0 Å². The molecule has 0 heterocycles. The van der Waals surface area contributed by atoms with Gasteiger partial charge >= 0.3 is 0 Å². The van der Waals surface area contributed by atoms with E-state index in [9.17, 15) is 14.9 Å². The van der Waals surface area contributed by atoms with Crippen molar-refractivity contribution in [2.24, 2.45) is 0 Å². The Morgan fingerprint density at radius 2 is 1.64 bits per heavy atom. The number of benzene rings is 2. The van der Waals surface area contributed by atoms with Crippen LogP contribution in [0.3, 0.4) is 0 Å². The third-order valence-electron chi connectivity index (χ3n) is 3.21. The molecule has 0 unspecified atom stereocenters. The smallest absolute Gasteiger partial charge is 0.267 e. The Balaban J connectivity index is 2.08. The summed E-state index contributed by atoms with van der Waals surface area (Å²) in [4.78, 5) is 23.3. The van der Waals surface area contributed by atoms with Crippen molar-refractivity contribution in [2.45, 2.75) is 13.8 Å². The molecule has 25 heavy (non-hydrogen) atoms. The van der Waals surface area contributed by atoms with E-state index in [1.54, 1.807) is 30.3 Å². The molecule has 0 aliphatic carbocycles. The molecule has 2 amide bonds. The van der Waals surface area contributed by atoms with Crippen LogP contribution in [0, 0.1) is 18.3 Å². The molecular formula is C19H18N4O2. The van der Waals surface area contributed by atoms with Crippen molar-refractivity contribution in [1.82, 2.24) is 0 Å². The first-order valence-corrected chi connectivity index (χ1v) is 7.60. The van der Waals surface area contributed by atoms with Crippen LogP contribution >= 0.6 is 0 Å². The Morgan fingerprint density at radius 3 is 2.28 bits per heavy atom. The maximum Gasteiger partial charge on any atom is 0.267 e. The van der Waals surface area contributed by atoms with Gasteiger partial charge in [-0.15, -0.1) is 0 Å². The van der Waals surface area contributed by atoms with E-state index in [0.29, 0.717) is 17.1 Å². The largest absolute Gasteiger partial charge is 0.360 e. The van der Waals surface area contributed by atoms with E-state index in [1.165, 1.54) is 13.1 Å². The third kappa shape index (κ3) is 5.52. The number of carbonyl (C=O) groups excluding carboxylic acids is 2. The first-order valence-electron chi connectivity index (χ1n) is 7.60. The highest BCUT2D eigenvalue weighted by Crippen LogP contribution is 2.16. The zero-order chi connectivity index (χ0) is 18.2. The van der Waals surface area contributed by atoms with Gasteiger partial charge in [-0.05, 0) is 42.8 Å². The van der Waals surface area contributed by atoms with Crippen molar-refractivity contribution in [3.05, 3.63) is 65.9 Å². The summed E-state index contributed by atoms with van der Waals surface area (Å²) in [6, 6.07) is 16.1. The van der Waals surface area contributed by atoms with Crippen molar-refractivity contribution in [3.8, 4) is 6.07 Å². The molecule has 0 saturated carbocycles. The molecule has 0 atom stereocenters. The average molecular weight is 334 g/mol. The van der Waals surface area contributed by atoms with Crippen LogP contribution in [0.2, 0.25) is 0 Å². The number of carbonyl (C=O) groups is 2. The van der Waals surface area contributed by atoms with Gasteiger partial charge in [0.1, 0.15) is 11.6 Å². The summed E-state index contributed by atoms with van der Waals surface area (Å²) < 4.78 is 0. The molecule has 6 nitrogen and oxygen atoms in total. The maximum absolute atomic E-state index is 12.2. The number of aryl methyl sites for hydroxylation is 1. The second kappa shape index (κ2) is 8.31. The van der Waals surface area contributed by atoms with Gasteiger partial charge in [-0.2, -0.15) is 5.26 Å². The first kappa shape index (κ1) is 17.8. The first-order chi connectivity index (χ1) is 12.0. The number of hydrogen-bond donors (Lipinski definition) is 3. The second-order valence-corrected chi connectivity index (χ2v) is 5.40. The monoisotopic (exact) mass is 334 g/mol. The van der Waals surface area contributed by atoms with Crippen LogP contribution in [0.4, 0.5) is 17.1 Å². The summed E-state index contributed by atoms with van der Waals surface area (Å²) in [5, 5.41) is 17.4. The summed E-state index contributed by atoms with van der Waals surface area (Å²) in [5.41, 5.74) is 2.83. The molecule has 2 aromatic rings. The van der Waals surface area contributed by atoms with Gasteiger partial charge in [-0.3, -0.25) is 9.59 Å². The summed E-state index contributed by atoms with van der Waals surface area (Å²) in [7, 11) is 0. The molecule has 0 aliphatic rings. The molecule has 0 aliphatic heterocycles. The lowest BCUT2D eigenvalue weighted by Crippen LogP contribution is -2.14. The van der Waals surface area contributed by atoms with Gasteiger partial charge in [0, 0.05) is 30.2 Å². The van der Waals surface area contributed by atoms with E-state index < -0.39 is 5.91 Å². The molecule has 0 radical (unpaired) electrons. The van der Waals surface area contributed by atoms with Crippen molar-refractivity contribution in [1.29, 1.82) is 5.26 Å². The van der Waals surface area contributed by atoms with E-state index in [4.69, 9.17) is 0 Å². The zero-order valence-electron chi connectivity index (χ0n) is 14.0. The van der Waals surface area contributed by atoms with E-state index in [-0.39, 0.29) is 11.5 Å². The van der Waals surface area contributed by atoms with Crippen molar-refractivity contribution in [2.75, 3.05) is 16.0 Å². The van der Waals surface area contributed by atoms with Gasteiger partial charge in [0.05, 0.1) is 0 Å². The number of rotatable bonds is 5. The minimum Gasteiger partial charge on any atom is -0.360 e. The number of nitrogens with one attached hydrogen (secondary N) is 3. The Labute approximate surface area is 146 Å². The minimum atomic E-state index is -0.501. The van der Waals surface area contributed by atoms with Crippen molar-refractivity contribution in [3.63, 3.8) is 0 Å². The van der Waals surface area contributed by atoms with Crippen molar-refractivity contribution >= 4 is 28.9 Å². The molecule has 2 rings (SSSR count). The van der Waals surface area contributed by atoms with Crippen LogP contribution in [-0.2, 0) is 9.59 Å². The summed E-state index contributed by atoms with van der Waals surface area (Å²) in [6.45, 7) is 3.34. The van der Waals surface area contributed by atoms with E-state index in [1.807, 2.05) is 31.2 Å². The molecule has 2 aromatic carbocycles. The summed E-state index contributed by atoms with van der Waals surface area (Å²) in [5.74, 6) is -0.679. The lowest BCUT2D eigenvalue weighted by molar-refractivity contribution is -0.114. The quantitative estimate of drug-likeness (QED) is 0.577. The third-order valence-corrected chi connectivity index (χ3v) is 3.21. The summed E-state index contributed by atoms with van der Waals surface area (Å²) >= 11 is 0. The Bertz CT molecular complexity index is 866. The molecule has 3 N–H and O–H groups in total. The second-order valence-electron chi connectivity index (χ2n) is 5.40. The van der Waals surface area contributed by atoms with Gasteiger partial charge in [-0.1, -0.05) is 18.2 Å². The van der Waals surface area contributed by atoms with Gasteiger partial charge in [0.15, 0.2) is 0 Å². The molecular weight excluding hydrogens is 316 g/mol. The molecule has 0 fully saturated rings. The van der Waals surface area contributed by atoms with Crippen LogP contribution in [-0.4, -0.2) is 11.8 Å². The Kier molecular flexibility index (Phi) is 5.91. The number of amides is 2. The van der Waals surface area contributed by atoms with E-state index in [2.05, 4.69) is 16.0 Å². The van der Waals surface area contributed by atoms with Crippen LogP contribution in [0.25, 0.3) is 0 Å². The highest BCUT2D eigenvalue weighted by molar-refractivity contribution is 6.06. The normalized spacial score (nSPS) is 10.5. The topological polar surface area (TPSA) is 94.0 Å². The van der Waals surface area contributed by atoms with Gasteiger partial charge in [0.2, 0.25) is 5.91 Å². The molecule has 126 valence electrons. The maximum atomic E-state index is 12.2. The van der Waals surface area contributed by atoms with Gasteiger partial charge in [0.25, 0.3) is 5.91 Å². The molecule has 6 heteroatoms. The molecule has 0 saturated heterocycles. The van der Waals surface area contributed by atoms with Crippen LogP contribution in [0.15, 0.2) is 60.3 Å². The lowest BCUT2D eigenvalue weighted by Gasteiger charge is -2.07. The number of nitriles is 1. The van der Waals surface area contributed by atoms with Crippen LogP contribution in [0.1, 0.15) is 12.5 Å². The van der Waals surface area contributed by atoms with E-state index in [0.717, 1.165) is 5.56 Å². The van der Waals surface area contributed by atoms with Crippen LogP contribution in [0.5, 0.6) is 0 Å². The molecule has 0 spiro atoms. The SMILES string of the molecule is CC(=O)Nc1cccc(N/C=C(/C#N)C(=O)Nc2cccc(C)c2)c1. The fraction of sp³-hybridized carbons (Fsp3) is 0.105. The highest BCUT2D eigenvalue weighted by atomic mass is 16.2. The fourth-order valence-electron chi connectivity index (χ4n) is 2.12. The predicted molar refractivity (Wildman–Crippen MR) is 97.9 cm³/mol. The molecule has 0 bridgehead atoms. The Hall–Kier alpha value is -3.59. The predicted octanol–water partition coefficient (Wildman–Crippen LogP) is 3.41. The number of nitrogens with zero attached hydrogens (tertiary/aromatic N) is 1. The highest BCUT2D eigenvalue weighted by Gasteiger charge is 2.09. The summed E-state index contributed by atoms with van der Waals surface area (Å²) in [6.07, 6.45) is 1.33. The minimum absolute atomic E-state index is 0.0635.